The van der Waals surface area contributed by atoms with Crippen LogP contribution in [0, 0.1) is 13.8 Å². The van der Waals surface area contributed by atoms with Crippen LogP contribution in [-0.2, 0) is 6.42 Å². The van der Waals surface area contributed by atoms with Gasteiger partial charge in [0, 0.05) is 2.74 Å². The summed E-state index contributed by atoms with van der Waals surface area (Å²) in [4.78, 5) is 0. The highest BCUT2D eigenvalue weighted by molar-refractivity contribution is 5.42. The van der Waals surface area contributed by atoms with Crippen molar-refractivity contribution in [3.8, 4) is 17.2 Å². The molecule has 2 rings (SSSR count). The summed E-state index contributed by atoms with van der Waals surface area (Å²) in [5.41, 5.74) is 0.485. The SMILES string of the molecule is [2H]c1c([2H])c(OCC(O)CCC([2H])([2H])Cc2c([2H])c([2H])c(OC([2H])([2H])[2H])c(OC([2H])([2H])[2H])c2[2H])c([2H])c(C)c1C. The summed E-state index contributed by atoms with van der Waals surface area (Å²) in [6.07, 6.45) is -4.67. The summed E-state index contributed by atoms with van der Waals surface area (Å²) < 4.78 is 124. The zero-order valence-corrected chi connectivity index (χ0v) is 14.6. The molecular formula is C22H30O4. The quantitative estimate of drug-likeness (QED) is 0.668. The molecule has 0 fully saturated rings. The molecule has 1 atom stereocenters. The first-order chi connectivity index (χ1) is 18.1. The number of aliphatic hydroxyl groups is 1. The molecule has 0 spiro atoms. The Morgan fingerprint density at radius 3 is 2.69 bits per heavy atom. The van der Waals surface area contributed by atoms with E-state index in [2.05, 4.69) is 4.74 Å². The molecule has 1 N–H and O–H groups in total. The topological polar surface area (TPSA) is 47.9 Å². The average Bonchev–Trinajstić information content (AvgIpc) is 2.82. The zero-order chi connectivity index (χ0) is 31.0. The van der Waals surface area contributed by atoms with Gasteiger partial charge in [-0.1, -0.05) is 18.5 Å². The van der Waals surface area contributed by atoms with Gasteiger partial charge in [-0.15, -0.1) is 0 Å². The second-order valence-corrected chi connectivity index (χ2v) is 5.60. The molecule has 0 heterocycles. The fraction of sp³-hybridized carbons (Fsp3) is 0.455. The summed E-state index contributed by atoms with van der Waals surface area (Å²) in [5, 5.41) is 10.4. The summed E-state index contributed by atoms with van der Waals surface area (Å²) in [6, 6.07) is -2.99. The van der Waals surface area contributed by atoms with Crippen molar-refractivity contribution in [2.45, 2.75) is 45.6 Å². The monoisotopic (exact) mass is 372 g/mol. The van der Waals surface area contributed by atoms with Crippen LogP contribution in [0.2, 0.25) is 0 Å². The third-order valence-corrected chi connectivity index (χ3v) is 3.60. The van der Waals surface area contributed by atoms with Crippen LogP contribution >= 0.6 is 0 Å². The van der Waals surface area contributed by atoms with Crippen molar-refractivity contribution in [1.29, 1.82) is 0 Å². The van der Waals surface area contributed by atoms with Gasteiger partial charge in [0.25, 0.3) is 0 Å². The van der Waals surface area contributed by atoms with E-state index >= 15 is 0 Å². The van der Waals surface area contributed by atoms with Gasteiger partial charge in [-0.2, -0.15) is 0 Å². The van der Waals surface area contributed by atoms with Crippen LogP contribution in [-0.4, -0.2) is 31.9 Å². The highest BCUT2D eigenvalue weighted by Crippen LogP contribution is 2.28. The molecule has 0 saturated heterocycles. The highest BCUT2D eigenvalue weighted by Gasteiger charge is 2.07. The molecule has 1 unspecified atom stereocenters. The number of hydrogen-bond acceptors (Lipinski definition) is 4. The van der Waals surface area contributed by atoms with E-state index in [0.717, 1.165) is 0 Å². The van der Waals surface area contributed by atoms with E-state index < -0.39 is 74.8 Å². The van der Waals surface area contributed by atoms with Crippen LogP contribution in [0.3, 0.4) is 0 Å². The van der Waals surface area contributed by atoms with Gasteiger partial charge in [0.2, 0.25) is 0 Å². The van der Waals surface area contributed by atoms with E-state index in [0.29, 0.717) is 11.1 Å². The predicted octanol–water partition coefficient (Wildman–Crippen LogP) is 4.47. The van der Waals surface area contributed by atoms with Gasteiger partial charge in [0.05, 0.1) is 36.6 Å². The maximum atomic E-state index is 10.4. The zero-order valence-electron chi connectivity index (χ0n) is 28.6. The summed E-state index contributed by atoms with van der Waals surface area (Å²) in [7, 11) is -6.33. The minimum Gasteiger partial charge on any atom is -0.493 e. The fourth-order valence-corrected chi connectivity index (χ4v) is 2.00. The summed E-state index contributed by atoms with van der Waals surface area (Å²) in [5.74, 6) is -2.07. The first-order valence-corrected chi connectivity index (χ1v) is 7.94. The molecule has 0 amide bonds. The Bertz CT molecular complexity index is 1210. The minimum atomic E-state index is -3.17. The lowest BCUT2D eigenvalue weighted by Gasteiger charge is -2.13. The van der Waals surface area contributed by atoms with E-state index in [1.165, 1.54) is 0 Å². The van der Waals surface area contributed by atoms with Crippen LogP contribution in [0.15, 0.2) is 36.3 Å². The highest BCUT2D eigenvalue weighted by atomic mass is 16.5. The normalized spacial score (nSPS) is 21.2. The Kier molecular flexibility index (Phi) is 3.18. The van der Waals surface area contributed by atoms with Gasteiger partial charge in [-0.05, 0) is 73.9 Å². The van der Waals surface area contributed by atoms with Crippen molar-refractivity contribution in [1.82, 2.24) is 0 Å². The van der Waals surface area contributed by atoms with Crippen molar-refractivity contribution in [3.05, 3.63) is 52.9 Å². The number of ether oxygens (including phenoxy) is 3. The first-order valence-electron chi connectivity index (χ1n) is 14.9. The lowest BCUT2D eigenvalue weighted by Crippen LogP contribution is -2.17. The number of methoxy groups -OCH3 is 2. The van der Waals surface area contributed by atoms with E-state index in [4.69, 9.17) is 28.7 Å². The molecule has 0 aliphatic carbocycles. The summed E-state index contributed by atoms with van der Waals surface area (Å²) in [6.45, 7) is 2.80. The molecule has 26 heavy (non-hydrogen) atoms. The van der Waals surface area contributed by atoms with Crippen LogP contribution in [0.25, 0.3) is 0 Å². The molecule has 0 radical (unpaired) electrons. The van der Waals surface area contributed by atoms with Gasteiger partial charge < -0.3 is 19.3 Å². The van der Waals surface area contributed by atoms with Crippen molar-refractivity contribution >= 4 is 0 Å². The van der Waals surface area contributed by atoms with Gasteiger partial charge in [0.15, 0.2) is 11.5 Å². The van der Waals surface area contributed by atoms with E-state index in [1.54, 1.807) is 13.8 Å². The minimum absolute atomic E-state index is 0.0980. The Morgan fingerprint density at radius 2 is 1.88 bits per heavy atom. The Labute approximate surface area is 176 Å². The van der Waals surface area contributed by atoms with Gasteiger partial charge in [-0.3, -0.25) is 0 Å². The first kappa shape index (κ1) is 8.22. The largest absolute Gasteiger partial charge is 0.493 e. The van der Waals surface area contributed by atoms with Crippen LogP contribution in [0.5, 0.6) is 17.2 Å². The van der Waals surface area contributed by atoms with Crippen LogP contribution in [0.1, 0.15) is 55.1 Å². The van der Waals surface area contributed by atoms with Gasteiger partial charge >= 0.3 is 0 Å². The standard InChI is InChI=1S/C22H30O4/c1-16-9-11-20(13-17(16)2)26-15-19(23)8-6-5-7-18-10-12-21(24-3)22(14-18)25-4/h9-14,19,23H,5-8,15H2,1-4H3/i3D3,4D3,5D2,9D,10D,11D,12D,13D,14D. The van der Waals surface area contributed by atoms with Crippen LogP contribution < -0.4 is 14.2 Å². The fourth-order valence-electron chi connectivity index (χ4n) is 2.00. The second kappa shape index (κ2) is 10.1. The smallest absolute Gasteiger partial charge is 0.160 e. The predicted molar refractivity (Wildman–Crippen MR) is 105 cm³/mol. The van der Waals surface area contributed by atoms with Crippen LogP contribution in [0.4, 0.5) is 0 Å². The molecule has 0 aliphatic rings. The summed E-state index contributed by atoms with van der Waals surface area (Å²) >= 11 is 0. The van der Waals surface area contributed by atoms with Crippen molar-refractivity contribution < 1.29 is 38.5 Å². The van der Waals surface area contributed by atoms with E-state index in [9.17, 15) is 5.11 Å². The maximum absolute atomic E-state index is 10.4. The Balaban J connectivity index is 2.25. The molecule has 0 aromatic heterocycles. The molecule has 142 valence electrons. The molecule has 0 bridgehead atoms. The second-order valence-electron chi connectivity index (χ2n) is 5.60. The van der Waals surface area contributed by atoms with Crippen molar-refractivity contribution in [3.63, 3.8) is 0 Å². The number of rotatable bonds is 10. The number of benzene rings is 2. The lowest BCUT2D eigenvalue weighted by molar-refractivity contribution is 0.0976. The lowest BCUT2D eigenvalue weighted by atomic mass is 10.0. The Hall–Kier alpha value is -2.20. The maximum Gasteiger partial charge on any atom is 0.160 e. The van der Waals surface area contributed by atoms with E-state index in [-0.39, 0.29) is 36.7 Å². The molecule has 2 aromatic carbocycles. The molecule has 4 nitrogen and oxygen atoms in total. The van der Waals surface area contributed by atoms with Crippen molar-refractivity contribution in [2.24, 2.45) is 0 Å². The number of hydrogen-bond donors (Lipinski definition) is 1. The molecule has 2 aromatic rings. The van der Waals surface area contributed by atoms with Crippen molar-refractivity contribution in [2.75, 3.05) is 20.7 Å². The van der Waals surface area contributed by atoms with E-state index in [1.807, 2.05) is 0 Å². The average molecular weight is 373 g/mol. The third-order valence-electron chi connectivity index (χ3n) is 3.60. The van der Waals surface area contributed by atoms with Gasteiger partial charge in [-0.25, -0.2) is 0 Å². The van der Waals surface area contributed by atoms with Gasteiger partial charge in [0.1, 0.15) is 12.4 Å². The molecule has 0 aliphatic heterocycles. The third kappa shape index (κ3) is 5.95. The molecule has 0 saturated carbocycles. The molecule has 4 heteroatoms. The Morgan fingerprint density at radius 1 is 1.08 bits per heavy atom. The number of aliphatic hydroxyl groups excluding tert-OH is 1. The molecular weight excluding hydrogens is 328 g/mol.